The number of ether oxygens (including phenoxy) is 2. The summed E-state index contributed by atoms with van der Waals surface area (Å²) >= 11 is 0. The van der Waals surface area contributed by atoms with Gasteiger partial charge in [-0.2, -0.15) is 0 Å². The lowest BCUT2D eigenvalue weighted by molar-refractivity contribution is -0.153. The van der Waals surface area contributed by atoms with Crippen LogP contribution in [0.3, 0.4) is 0 Å². The summed E-state index contributed by atoms with van der Waals surface area (Å²) in [6.07, 6.45) is 5.05. The van der Waals surface area contributed by atoms with Gasteiger partial charge in [-0.3, -0.25) is 29.0 Å². The minimum atomic E-state index is -1.62. The Morgan fingerprint density at radius 2 is 1.85 bits per heavy atom. The lowest BCUT2D eigenvalue weighted by Crippen LogP contribution is -2.72. The SMILES string of the molecule is COc1ccc(CCN2C(=O)NC(=O)[C@]3(Cc4c(nc5ccccn5c4=O)N4CCCCC[C@@H]43)C2=O)cc1OC. The van der Waals surface area contributed by atoms with Crippen LogP contribution in [-0.4, -0.2) is 65.5 Å². The van der Waals surface area contributed by atoms with Gasteiger partial charge in [-0.25, -0.2) is 9.78 Å². The molecule has 11 nitrogen and oxygen atoms in total. The van der Waals surface area contributed by atoms with Gasteiger partial charge in [0.15, 0.2) is 16.9 Å². The number of barbiturate groups is 1. The van der Waals surface area contributed by atoms with E-state index in [-0.39, 0.29) is 18.5 Å². The molecule has 1 N–H and O–H groups in total. The van der Waals surface area contributed by atoms with Gasteiger partial charge in [0.2, 0.25) is 11.8 Å². The zero-order valence-electron chi connectivity index (χ0n) is 22.5. The molecule has 3 aromatic rings. The molecule has 2 saturated heterocycles. The number of hydrogen-bond donors (Lipinski definition) is 1. The molecular weight excluding hydrogens is 514 g/mol. The molecule has 1 aromatic carbocycles. The lowest BCUT2D eigenvalue weighted by Gasteiger charge is -2.50. The molecule has 6 rings (SSSR count). The van der Waals surface area contributed by atoms with Gasteiger partial charge in [-0.1, -0.05) is 25.0 Å². The molecule has 2 aromatic heterocycles. The van der Waals surface area contributed by atoms with Crippen LogP contribution in [-0.2, 0) is 22.4 Å². The van der Waals surface area contributed by atoms with Gasteiger partial charge >= 0.3 is 6.03 Å². The Bertz CT molecular complexity index is 1580. The van der Waals surface area contributed by atoms with Crippen molar-refractivity contribution in [3.05, 3.63) is 64.1 Å². The molecule has 3 aliphatic rings. The number of nitrogens with one attached hydrogen (secondary N) is 1. The number of rotatable bonds is 5. The van der Waals surface area contributed by atoms with Crippen LogP contribution in [0.15, 0.2) is 47.4 Å². The van der Waals surface area contributed by atoms with Crippen molar-refractivity contribution in [2.24, 2.45) is 5.41 Å². The first-order valence-corrected chi connectivity index (χ1v) is 13.5. The maximum Gasteiger partial charge on any atom is 0.330 e. The number of methoxy groups -OCH3 is 2. The van der Waals surface area contributed by atoms with Crippen molar-refractivity contribution in [3.8, 4) is 11.5 Å². The van der Waals surface area contributed by atoms with E-state index in [1.165, 1.54) is 4.40 Å². The van der Waals surface area contributed by atoms with Crippen molar-refractivity contribution in [2.75, 3.05) is 32.2 Å². The maximum absolute atomic E-state index is 14.4. The summed E-state index contributed by atoms with van der Waals surface area (Å²) in [6.45, 7) is 0.624. The van der Waals surface area contributed by atoms with Gasteiger partial charge in [-0.05, 0) is 49.1 Å². The third-order valence-corrected chi connectivity index (χ3v) is 8.42. The van der Waals surface area contributed by atoms with Crippen molar-refractivity contribution in [1.29, 1.82) is 0 Å². The first-order valence-electron chi connectivity index (χ1n) is 13.5. The van der Waals surface area contributed by atoms with E-state index in [0.29, 0.717) is 47.9 Å². The van der Waals surface area contributed by atoms with E-state index >= 15 is 0 Å². The summed E-state index contributed by atoms with van der Waals surface area (Å²) in [5, 5.41) is 2.46. The summed E-state index contributed by atoms with van der Waals surface area (Å²) in [6, 6.07) is 9.46. The van der Waals surface area contributed by atoms with E-state index in [9.17, 15) is 19.2 Å². The van der Waals surface area contributed by atoms with Crippen molar-refractivity contribution >= 4 is 29.3 Å². The van der Waals surface area contributed by atoms with Crippen LogP contribution in [0.5, 0.6) is 11.5 Å². The number of pyridine rings is 1. The summed E-state index contributed by atoms with van der Waals surface area (Å²) in [4.78, 5) is 62.8. The molecule has 4 amide bonds. The minimum Gasteiger partial charge on any atom is -0.493 e. The van der Waals surface area contributed by atoms with Crippen LogP contribution in [0, 0.1) is 5.41 Å². The van der Waals surface area contributed by atoms with E-state index in [2.05, 4.69) is 5.32 Å². The van der Waals surface area contributed by atoms with Gasteiger partial charge in [-0.15, -0.1) is 0 Å². The molecule has 0 radical (unpaired) electrons. The third-order valence-electron chi connectivity index (χ3n) is 8.42. The Labute approximate surface area is 230 Å². The average Bonchev–Trinajstić information content (AvgIpc) is 3.23. The van der Waals surface area contributed by atoms with Crippen molar-refractivity contribution in [1.82, 2.24) is 19.6 Å². The number of aromatic nitrogens is 2. The number of fused-ring (bicyclic) bond motifs is 5. The molecule has 208 valence electrons. The number of anilines is 1. The molecule has 3 aliphatic heterocycles. The quantitative estimate of drug-likeness (QED) is 0.485. The summed E-state index contributed by atoms with van der Waals surface area (Å²) in [5.74, 6) is 0.429. The highest BCUT2D eigenvalue weighted by molar-refractivity contribution is 6.20. The smallest absolute Gasteiger partial charge is 0.330 e. The molecule has 40 heavy (non-hydrogen) atoms. The van der Waals surface area contributed by atoms with E-state index < -0.39 is 29.3 Å². The zero-order valence-corrected chi connectivity index (χ0v) is 22.5. The van der Waals surface area contributed by atoms with Crippen molar-refractivity contribution in [2.45, 2.75) is 44.6 Å². The zero-order chi connectivity index (χ0) is 28.0. The monoisotopic (exact) mass is 545 g/mol. The number of carbonyl (C=O) groups excluding carboxylic acids is 3. The number of hydrogen-bond acceptors (Lipinski definition) is 8. The van der Waals surface area contributed by atoms with Gasteiger partial charge in [0.1, 0.15) is 11.5 Å². The number of amides is 4. The summed E-state index contributed by atoms with van der Waals surface area (Å²) in [7, 11) is 3.09. The number of imide groups is 2. The second kappa shape index (κ2) is 9.96. The number of urea groups is 1. The van der Waals surface area contributed by atoms with Crippen molar-refractivity contribution in [3.63, 3.8) is 0 Å². The standard InChI is InChI=1S/C29H31N5O6/c1-39-20-11-10-18(16-21(20)40-2)12-15-34-27(37)29(26(36)31-28(34)38)17-19-24(32-13-6-3-4-8-22(29)32)30-23-9-5-7-14-33(23)25(19)35/h5,7,9-11,14,16,22H,3-4,6,8,12-13,15,17H2,1-2H3,(H,31,36,38)/t22-,29-/m1/s1. The summed E-state index contributed by atoms with van der Waals surface area (Å²) < 4.78 is 12.1. The Hall–Kier alpha value is -4.41. The molecule has 11 heteroatoms. The fourth-order valence-electron chi connectivity index (χ4n) is 6.41. The molecule has 5 heterocycles. The van der Waals surface area contributed by atoms with Crippen LogP contribution in [0.1, 0.15) is 36.8 Å². The molecular formula is C29H31N5O6. The van der Waals surface area contributed by atoms with Crippen molar-refractivity contribution < 1.29 is 23.9 Å². The van der Waals surface area contributed by atoms with Crippen LogP contribution < -0.4 is 25.2 Å². The fraction of sp³-hybridized carbons (Fsp3) is 0.414. The van der Waals surface area contributed by atoms with Crippen LogP contribution in [0.2, 0.25) is 0 Å². The maximum atomic E-state index is 14.4. The molecule has 1 spiro atoms. The first-order chi connectivity index (χ1) is 19.4. The molecule has 2 atom stereocenters. The van der Waals surface area contributed by atoms with E-state index in [0.717, 1.165) is 29.7 Å². The predicted molar refractivity (Wildman–Crippen MR) is 146 cm³/mol. The highest BCUT2D eigenvalue weighted by Gasteiger charge is 2.62. The largest absolute Gasteiger partial charge is 0.493 e. The molecule has 0 unspecified atom stereocenters. The van der Waals surface area contributed by atoms with Crippen LogP contribution >= 0.6 is 0 Å². The first kappa shape index (κ1) is 25.8. The Morgan fingerprint density at radius 1 is 1.02 bits per heavy atom. The van der Waals surface area contributed by atoms with Gasteiger partial charge in [0, 0.05) is 25.7 Å². The topological polar surface area (TPSA) is 123 Å². The second-order valence-corrected chi connectivity index (χ2v) is 10.5. The summed E-state index contributed by atoms with van der Waals surface area (Å²) in [5.41, 5.74) is -0.261. The Kier molecular flexibility index (Phi) is 6.44. The Morgan fingerprint density at radius 3 is 2.65 bits per heavy atom. The Balaban J connectivity index is 1.41. The highest BCUT2D eigenvalue weighted by Crippen LogP contribution is 2.45. The second-order valence-electron chi connectivity index (χ2n) is 10.5. The van der Waals surface area contributed by atoms with Crippen LogP contribution in [0.4, 0.5) is 10.6 Å². The van der Waals surface area contributed by atoms with Gasteiger partial charge < -0.3 is 14.4 Å². The molecule has 2 fully saturated rings. The lowest BCUT2D eigenvalue weighted by atomic mass is 9.68. The van der Waals surface area contributed by atoms with Crippen LogP contribution in [0.25, 0.3) is 5.65 Å². The third kappa shape index (κ3) is 3.90. The molecule has 0 aliphatic carbocycles. The fourth-order valence-corrected chi connectivity index (χ4v) is 6.41. The van der Waals surface area contributed by atoms with E-state index in [1.807, 2.05) is 17.0 Å². The number of carbonyl (C=O) groups is 3. The van der Waals surface area contributed by atoms with Gasteiger partial charge in [0.05, 0.1) is 25.8 Å². The van der Waals surface area contributed by atoms with E-state index in [1.54, 1.807) is 44.7 Å². The predicted octanol–water partition coefficient (Wildman–Crippen LogP) is 2.32. The number of nitrogens with zero attached hydrogens (tertiary/aromatic N) is 4. The minimum absolute atomic E-state index is 0.0592. The molecule has 0 saturated carbocycles. The van der Waals surface area contributed by atoms with Gasteiger partial charge in [0.25, 0.3) is 5.56 Å². The number of benzene rings is 1. The highest BCUT2D eigenvalue weighted by atomic mass is 16.5. The average molecular weight is 546 g/mol. The van der Waals surface area contributed by atoms with E-state index in [4.69, 9.17) is 14.5 Å². The normalized spacial score (nSPS) is 22.6. The molecule has 0 bridgehead atoms.